The molecule has 3 rings (SSSR count). The first-order chi connectivity index (χ1) is 10.9. The first-order valence-electron chi connectivity index (χ1n) is 7.34. The number of aryl methyl sites for hydroxylation is 2. The molecule has 1 heterocycles. The SMILES string of the molecule is Cc1ncc(OCC2(c3cccc(Cl)c3)CC2C(=O)O)c(C)n1. The summed E-state index contributed by atoms with van der Waals surface area (Å²) >= 11 is 6.06. The second kappa shape index (κ2) is 5.81. The van der Waals surface area contributed by atoms with Gasteiger partial charge in [0.15, 0.2) is 5.75 Å². The Hall–Kier alpha value is -2.14. The van der Waals surface area contributed by atoms with Gasteiger partial charge in [-0.15, -0.1) is 0 Å². The van der Waals surface area contributed by atoms with Crippen molar-refractivity contribution < 1.29 is 14.6 Å². The molecule has 0 radical (unpaired) electrons. The summed E-state index contributed by atoms with van der Waals surface area (Å²) in [5.74, 6) is -0.0274. The molecule has 1 aliphatic rings. The van der Waals surface area contributed by atoms with Crippen LogP contribution in [0.1, 0.15) is 23.5 Å². The molecule has 120 valence electrons. The van der Waals surface area contributed by atoms with Crippen molar-refractivity contribution in [2.24, 2.45) is 5.92 Å². The van der Waals surface area contributed by atoms with Crippen LogP contribution in [0, 0.1) is 19.8 Å². The minimum atomic E-state index is -0.814. The molecule has 6 heteroatoms. The quantitative estimate of drug-likeness (QED) is 0.910. The van der Waals surface area contributed by atoms with Gasteiger partial charge in [-0.25, -0.2) is 9.97 Å². The van der Waals surface area contributed by atoms with Crippen LogP contribution in [0.5, 0.6) is 5.75 Å². The standard InChI is InChI=1S/C17H17ClN2O3/c1-10-15(8-19-11(2)20-10)23-9-17(7-14(17)16(21)22)12-4-3-5-13(18)6-12/h3-6,8,14H,7,9H2,1-2H3,(H,21,22). The maximum atomic E-state index is 11.4. The lowest BCUT2D eigenvalue weighted by Gasteiger charge is -2.19. The van der Waals surface area contributed by atoms with Gasteiger partial charge in [0.05, 0.1) is 24.4 Å². The molecule has 1 aliphatic carbocycles. The maximum Gasteiger partial charge on any atom is 0.307 e. The molecule has 1 N–H and O–H groups in total. The average Bonchev–Trinajstić information content (AvgIpc) is 3.23. The minimum absolute atomic E-state index is 0.261. The van der Waals surface area contributed by atoms with Crippen LogP contribution >= 0.6 is 11.6 Å². The fraction of sp³-hybridized carbons (Fsp3) is 0.353. The third-order valence-electron chi connectivity index (χ3n) is 4.31. The lowest BCUT2D eigenvalue weighted by Crippen LogP contribution is -2.23. The zero-order chi connectivity index (χ0) is 16.6. The lowest BCUT2D eigenvalue weighted by molar-refractivity contribution is -0.139. The Morgan fingerprint density at radius 1 is 1.48 bits per heavy atom. The zero-order valence-corrected chi connectivity index (χ0v) is 13.7. The normalized spacial score (nSPS) is 22.7. The average molecular weight is 333 g/mol. The number of aliphatic carboxylic acids is 1. The van der Waals surface area contributed by atoms with E-state index in [1.165, 1.54) is 0 Å². The number of rotatable bonds is 5. The summed E-state index contributed by atoms with van der Waals surface area (Å²) in [6, 6.07) is 7.32. The van der Waals surface area contributed by atoms with Gasteiger partial charge in [-0.3, -0.25) is 4.79 Å². The van der Waals surface area contributed by atoms with Crippen molar-refractivity contribution in [1.29, 1.82) is 0 Å². The summed E-state index contributed by atoms with van der Waals surface area (Å²) in [6.45, 7) is 3.92. The van der Waals surface area contributed by atoms with Crippen LogP contribution in [0.3, 0.4) is 0 Å². The van der Waals surface area contributed by atoms with Crippen LogP contribution < -0.4 is 4.74 Å². The van der Waals surface area contributed by atoms with Gasteiger partial charge in [0, 0.05) is 10.4 Å². The summed E-state index contributed by atoms with van der Waals surface area (Å²) in [4.78, 5) is 19.8. The molecule has 0 amide bonds. The van der Waals surface area contributed by atoms with Crippen molar-refractivity contribution in [3.05, 3.63) is 52.6 Å². The first kappa shape index (κ1) is 15.7. The molecule has 0 saturated heterocycles. The van der Waals surface area contributed by atoms with E-state index in [0.29, 0.717) is 23.0 Å². The van der Waals surface area contributed by atoms with Crippen LogP contribution in [0.4, 0.5) is 0 Å². The molecule has 1 saturated carbocycles. The molecule has 5 nitrogen and oxygen atoms in total. The van der Waals surface area contributed by atoms with E-state index in [4.69, 9.17) is 16.3 Å². The summed E-state index contributed by atoms with van der Waals surface area (Å²) in [6.07, 6.45) is 2.16. The Kier molecular flexibility index (Phi) is 3.98. The van der Waals surface area contributed by atoms with E-state index >= 15 is 0 Å². The summed E-state index contributed by atoms with van der Waals surface area (Å²) in [5.41, 5.74) is 1.09. The molecule has 1 aromatic carbocycles. The van der Waals surface area contributed by atoms with Crippen LogP contribution in [0.2, 0.25) is 5.02 Å². The monoisotopic (exact) mass is 332 g/mol. The van der Waals surface area contributed by atoms with Crippen molar-refractivity contribution in [3.8, 4) is 5.75 Å². The van der Waals surface area contributed by atoms with Gasteiger partial charge < -0.3 is 9.84 Å². The highest BCUT2D eigenvalue weighted by atomic mass is 35.5. The molecule has 0 spiro atoms. The van der Waals surface area contributed by atoms with Gasteiger partial charge in [0.25, 0.3) is 0 Å². The highest BCUT2D eigenvalue weighted by molar-refractivity contribution is 6.30. The summed E-state index contributed by atoms with van der Waals surface area (Å²) < 4.78 is 5.86. The number of carboxylic acids is 1. The number of carbonyl (C=O) groups is 1. The molecule has 0 bridgehead atoms. The summed E-state index contributed by atoms with van der Waals surface area (Å²) in [5, 5.41) is 9.98. The lowest BCUT2D eigenvalue weighted by atomic mass is 9.94. The number of benzene rings is 1. The van der Waals surface area contributed by atoms with Crippen LogP contribution in [0.15, 0.2) is 30.5 Å². The first-order valence-corrected chi connectivity index (χ1v) is 7.72. The molecular formula is C17H17ClN2O3. The highest BCUT2D eigenvalue weighted by Crippen LogP contribution is 2.55. The Bertz CT molecular complexity index is 765. The van der Waals surface area contributed by atoms with E-state index < -0.39 is 17.3 Å². The number of hydrogen-bond donors (Lipinski definition) is 1. The third kappa shape index (κ3) is 3.01. The van der Waals surface area contributed by atoms with Crippen molar-refractivity contribution >= 4 is 17.6 Å². The van der Waals surface area contributed by atoms with Gasteiger partial charge in [-0.1, -0.05) is 23.7 Å². The van der Waals surface area contributed by atoms with Crippen LogP contribution in [-0.2, 0) is 10.2 Å². The van der Waals surface area contributed by atoms with Gasteiger partial charge in [-0.05, 0) is 38.0 Å². The van der Waals surface area contributed by atoms with E-state index in [-0.39, 0.29) is 6.61 Å². The topological polar surface area (TPSA) is 72.3 Å². The Morgan fingerprint density at radius 2 is 2.26 bits per heavy atom. The molecule has 1 fully saturated rings. The smallest absolute Gasteiger partial charge is 0.307 e. The molecule has 23 heavy (non-hydrogen) atoms. The number of halogens is 1. The number of ether oxygens (including phenoxy) is 1. The predicted molar refractivity (Wildman–Crippen MR) is 85.9 cm³/mol. The van der Waals surface area contributed by atoms with Crippen molar-refractivity contribution in [2.45, 2.75) is 25.7 Å². The third-order valence-corrected chi connectivity index (χ3v) is 4.55. The van der Waals surface area contributed by atoms with Gasteiger partial charge in [-0.2, -0.15) is 0 Å². The second-order valence-electron chi connectivity index (χ2n) is 5.92. The maximum absolute atomic E-state index is 11.4. The molecular weight excluding hydrogens is 316 g/mol. The number of nitrogens with zero attached hydrogens (tertiary/aromatic N) is 2. The van der Waals surface area contributed by atoms with Crippen molar-refractivity contribution in [3.63, 3.8) is 0 Å². The molecule has 2 atom stereocenters. The number of carboxylic acid groups (broad SMARTS) is 1. The number of hydrogen-bond acceptors (Lipinski definition) is 4. The minimum Gasteiger partial charge on any atom is -0.489 e. The van der Waals surface area contributed by atoms with E-state index in [1.54, 1.807) is 12.3 Å². The second-order valence-corrected chi connectivity index (χ2v) is 6.35. The Morgan fingerprint density at radius 3 is 2.87 bits per heavy atom. The van der Waals surface area contributed by atoms with Crippen molar-refractivity contribution in [1.82, 2.24) is 9.97 Å². The Balaban J connectivity index is 1.85. The zero-order valence-electron chi connectivity index (χ0n) is 12.9. The highest BCUT2D eigenvalue weighted by Gasteiger charge is 2.60. The molecule has 2 unspecified atom stereocenters. The van der Waals surface area contributed by atoms with Gasteiger partial charge >= 0.3 is 5.97 Å². The van der Waals surface area contributed by atoms with E-state index in [9.17, 15) is 9.90 Å². The van der Waals surface area contributed by atoms with E-state index in [2.05, 4.69) is 9.97 Å². The van der Waals surface area contributed by atoms with Gasteiger partial charge in [0.1, 0.15) is 5.82 Å². The predicted octanol–water partition coefficient (Wildman–Crippen LogP) is 3.17. The van der Waals surface area contributed by atoms with Crippen LogP contribution in [0.25, 0.3) is 0 Å². The van der Waals surface area contributed by atoms with Gasteiger partial charge in [0.2, 0.25) is 0 Å². The van der Waals surface area contributed by atoms with E-state index in [0.717, 1.165) is 11.3 Å². The van der Waals surface area contributed by atoms with E-state index in [1.807, 2.05) is 32.0 Å². The fourth-order valence-electron chi connectivity index (χ4n) is 2.91. The number of aromatic nitrogens is 2. The Labute approximate surface area is 139 Å². The van der Waals surface area contributed by atoms with Crippen molar-refractivity contribution in [2.75, 3.05) is 6.61 Å². The van der Waals surface area contributed by atoms with Crippen LogP contribution in [-0.4, -0.2) is 27.7 Å². The largest absolute Gasteiger partial charge is 0.489 e. The fourth-order valence-corrected chi connectivity index (χ4v) is 3.10. The molecule has 1 aromatic heterocycles. The summed E-state index contributed by atoms with van der Waals surface area (Å²) in [7, 11) is 0. The molecule has 2 aromatic rings. The molecule has 0 aliphatic heterocycles.